The number of rotatable bonds is 4. The molecule has 0 saturated heterocycles. The maximum Gasteiger partial charge on any atom is 0.247 e. The van der Waals surface area contributed by atoms with Crippen molar-refractivity contribution in [2.75, 3.05) is 12.4 Å². The molecule has 0 bridgehead atoms. The molecule has 8 nitrogen and oxygen atoms in total. The highest BCUT2D eigenvalue weighted by Crippen LogP contribution is 2.23. The molecule has 4 rings (SSSR count). The number of nitrogens with one attached hydrogen (secondary N) is 1. The normalized spacial score (nSPS) is 10.7. The fourth-order valence-electron chi connectivity index (χ4n) is 2.70. The summed E-state index contributed by atoms with van der Waals surface area (Å²) in [4.78, 5) is 8.64. The minimum absolute atomic E-state index is 0.421. The number of hydrogen-bond acceptors (Lipinski definition) is 6. The number of anilines is 2. The van der Waals surface area contributed by atoms with E-state index >= 15 is 0 Å². The first-order valence-electron chi connectivity index (χ1n) is 7.89. The summed E-state index contributed by atoms with van der Waals surface area (Å²) in [7, 11) is 1.59. The number of ether oxygens (including phenoxy) is 1. The Morgan fingerprint density at radius 2 is 2.15 bits per heavy atom. The Morgan fingerprint density at radius 1 is 1.27 bits per heavy atom. The van der Waals surface area contributed by atoms with E-state index in [2.05, 4.69) is 26.5 Å². The molecule has 3 aromatic heterocycles. The average Bonchev–Trinajstić information content (AvgIpc) is 3.26. The van der Waals surface area contributed by atoms with Gasteiger partial charge in [-0.1, -0.05) is 0 Å². The molecule has 0 fully saturated rings. The van der Waals surface area contributed by atoms with Gasteiger partial charge in [0, 0.05) is 18.1 Å². The molecule has 1 N–H and O–H groups in total. The third-order valence-electron chi connectivity index (χ3n) is 3.91. The van der Waals surface area contributed by atoms with Crippen LogP contribution in [0.1, 0.15) is 11.3 Å². The van der Waals surface area contributed by atoms with Crippen LogP contribution in [0.3, 0.4) is 0 Å². The number of imidazole rings is 1. The highest BCUT2D eigenvalue weighted by atomic mass is 16.5. The van der Waals surface area contributed by atoms with Crippen molar-refractivity contribution in [3.05, 3.63) is 60.3 Å². The lowest BCUT2D eigenvalue weighted by molar-refractivity contribution is 0.416. The van der Waals surface area contributed by atoms with Gasteiger partial charge in [0.15, 0.2) is 11.4 Å². The van der Waals surface area contributed by atoms with E-state index in [1.165, 1.54) is 0 Å². The summed E-state index contributed by atoms with van der Waals surface area (Å²) in [5.41, 5.74) is 3.51. The lowest BCUT2D eigenvalue weighted by Gasteiger charge is -2.07. The molecule has 4 aromatic rings. The number of nitriles is 1. The third-order valence-corrected chi connectivity index (χ3v) is 3.91. The molecular formula is C18H15N7O. The molecule has 0 radical (unpaired) electrons. The standard InChI is InChI=1S/C18H15N7O/c1-12-10-24(11-20-12)15-6-5-14(8-13(15)9-19)21-18-22-17-16(26-2)4-3-7-25(17)23-18/h3-8,10-11H,1-2H3,(H,21,23). The van der Waals surface area contributed by atoms with Gasteiger partial charge < -0.3 is 14.6 Å². The molecule has 0 spiro atoms. The van der Waals surface area contributed by atoms with Gasteiger partial charge in [-0.15, -0.1) is 5.10 Å². The van der Waals surface area contributed by atoms with Crippen molar-refractivity contribution in [1.29, 1.82) is 5.26 Å². The molecule has 0 atom stereocenters. The Labute approximate surface area is 149 Å². The zero-order valence-electron chi connectivity index (χ0n) is 14.2. The molecule has 8 heteroatoms. The fourth-order valence-corrected chi connectivity index (χ4v) is 2.70. The van der Waals surface area contributed by atoms with Crippen LogP contribution in [0.25, 0.3) is 11.3 Å². The number of aromatic nitrogens is 5. The van der Waals surface area contributed by atoms with Gasteiger partial charge in [0.1, 0.15) is 6.07 Å². The van der Waals surface area contributed by atoms with Crippen LogP contribution < -0.4 is 10.1 Å². The Hall–Kier alpha value is -3.86. The topological polar surface area (TPSA) is 93.1 Å². The lowest BCUT2D eigenvalue weighted by atomic mass is 10.1. The van der Waals surface area contributed by atoms with Crippen molar-refractivity contribution in [2.24, 2.45) is 0 Å². The van der Waals surface area contributed by atoms with Gasteiger partial charge in [0.25, 0.3) is 0 Å². The molecule has 0 aliphatic carbocycles. The van der Waals surface area contributed by atoms with Crippen molar-refractivity contribution in [3.63, 3.8) is 0 Å². The summed E-state index contributed by atoms with van der Waals surface area (Å²) in [6.07, 6.45) is 5.36. The second-order valence-corrected chi connectivity index (χ2v) is 5.67. The maximum atomic E-state index is 9.50. The number of fused-ring (bicyclic) bond motifs is 1. The van der Waals surface area contributed by atoms with Gasteiger partial charge in [0.2, 0.25) is 5.95 Å². The van der Waals surface area contributed by atoms with Crippen LogP contribution >= 0.6 is 0 Å². The summed E-state index contributed by atoms with van der Waals surface area (Å²) >= 11 is 0. The number of benzene rings is 1. The van der Waals surface area contributed by atoms with Crippen molar-refractivity contribution < 1.29 is 4.74 Å². The minimum atomic E-state index is 0.421. The number of aryl methyl sites for hydroxylation is 1. The van der Waals surface area contributed by atoms with Crippen LogP contribution in [0.15, 0.2) is 49.1 Å². The number of pyridine rings is 1. The van der Waals surface area contributed by atoms with E-state index in [-0.39, 0.29) is 0 Å². The van der Waals surface area contributed by atoms with E-state index in [4.69, 9.17) is 4.74 Å². The van der Waals surface area contributed by atoms with Gasteiger partial charge >= 0.3 is 0 Å². The first-order valence-corrected chi connectivity index (χ1v) is 7.89. The zero-order chi connectivity index (χ0) is 18.1. The second-order valence-electron chi connectivity index (χ2n) is 5.67. The van der Waals surface area contributed by atoms with Gasteiger partial charge in [0.05, 0.1) is 30.4 Å². The summed E-state index contributed by atoms with van der Waals surface area (Å²) in [6, 6.07) is 11.4. The monoisotopic (exact) mass is 345 g/mol. The van der Waals surface area contributed by atoms with Crippen molar-refractivity contribution in [2.45, 2.75) is 6.92 Å². The van der Waals surface area contributed by atoms with Crippen LogP contribution in [-0.4, -0.2) is 31.3 Å². The predicted molar refractivity (Wildman–Crippen MR) is 95.8 cm³/mol. The number of hydrogen-bond donors (Lipinski definition) is 1. The quantitative estimate of drug-likeness (QED) is 0.611. The number of methoxy groups -OCH3 is 1. The van der Waals surface area contributed by atoms with E-state index in [9.17, 15) is 5.26 Å². The third kappa shape index (κ3) is 2.71. The van der Waals surface area contributed by atoms with E-state index in [1.54, 1.807) is 30.2 Å². The molecule has 0 unspecified atom stereocenters. The maximum absolute atomic E-state index is 9.50. The van der Waals surface area contributed by atoms with Gasteiger partial charge in [-0.05, 0) is 37.3 Å². The van der Waals surface area contributed by atoms with Gasteiger partial charge in [-0.3, -0.25) is 0 Å². The Bertz CT molecular complexity index is 1140. The second kappa shape index (κ2) is 6.22. The van der Waals surface area contributed by atoms with E-state index < -0.39 is 0 Å². The average molecular weight is 345 g/mol. The smallest absolute Gasteiger partial charge is 0.247 e. The van der Waals surface area contributed by atoms with Crippen LogP contribution in [0.2, 0.25) is 0 Å². The molecule has 26 heavy (non-hydrogen) atoms. The summed E-state index contributed by atoms with van der Waals surface area (Å²) in [5, 5.41) is 17.0. The van der Waals surface area contributed by atoms with Crippen LogP contribution in [0, 0.1) is 18.3 Å². The van der Waals surface area contributed by atoms with Gasteiger partial charge in [-0.2, -0.15) is 10.2 Å². The van der Waals surface area contributed by atoms with E-state index in [0.29, 0.717) is 22.9 Å². The Kier molecular flexibility index (Phi) is 3.74. The molecular weight excluding hydrogens is 330 g/mol. The fraction of sp³-hybridized carbons (Fsp3) is 0.111. The number of nitrogens with zero attached hydrogens (tertiary/aromatic N) is 6. The lowest BCUT2D eigenvalue weighted by Crippen LogP contribution is -1.98. The summed E-state index contributed by atoms with van der Waals surface area (Å²) < 4.78 is 8.75. The SMILES string of the molecule is COc1cccn2nc(Nc3ccc(-n4cnc(C)c4)c(C#N)c3)nc12. The highest BCUT2D eigenvalue weighted by molar-refractivity contribution is 5.64. The molecule has 0 aliphatic heterocycles. The summed E-state index contributed by atoms with van der Waals surface area (Å²) in [5.74, 6) is 1.06. The Morgan fingerprint density at radius 3 is 2.88 bits per heavy atom. The summed E-state index contributed by atoms with van der Waals surface area (Å²) in [6.45, 7) is 1.90. The van der Waals surface area contributed by atoms with Crippen molar-refractivity contribution in [1.82, 2.24) is 24.1 Å². The molecule has 128 valence electrons. The zero-order valence-corrected chi connectivity index (χ0v) is 14.2. The van der Waals surface area contributed by atoms with Crippen LogP contribution in [0.5, 0.6) is 5.75 Å². The molecule has 3 heterocycles. The van der Waals surface area contributed by atoms with E-state index in [1.807, 2.05) is 42.0 Å². The van der Waals surface area contributed by atoms with E-state index in [0.717, 1.165) is 17.1 Å². The highest BCUT2D eigenvalue weighted by Gasteiger charge is 2.10. The molecule has 0 saturated carbocycles. The van der Waals surface area contributed by atoms with Gasteiger partial charge in [-0.25, -0.2) is 9.50 Å². The molecule has 0 amide bonds. The first kappa shape index (κ1) is 15.7. The molecule has 1 aromatic carbocycles. The minimum Gasteiger partial charge on any atom is -0.493 e. The van der Waals surface area contributed by atoms with Crippen LogP contribution in [0.4, 0.5) is 11.6 Å². The first-order chi connectivity index (χ1) is 12.7. The molecule has 0 aliphatic rings. The predicted octanol–water partition coefficient (Wildman–Crippen LogP) is 2.85. The largest absolute Gasteiger partial charge is 0.493 e. The van der Waals surface area contributed by atoms with Crippen LogP contribution in [-0.2, 0) is 0 Å². The Balaban J connectivity index is 1.68. The van der Waals surface area contributed by atoms with Crippen molar-refractivity contribution >= 4 is 17.3 Å². The van der Waals surface area contributed by atoms with Crippen molar-refractivity contribution in [3.8, 4) is 17.5 Å².